The van der Waals surface area contributed by atoms with Gasteiger partial charge in [0.2, 0.25) is 5.91 Å². The van der Waals surface area contributed by atoms with Gasteiger partial charge in [-0.15, -0.1) is 0 Å². The van der Waals surface area contributed by atoms with Crippen LogP contribution in [0, 0.1) is 11.6 Å². The highest BCUT2D eigenvalue weighted by molar-refractivity contribution is 7.81. The predicted octanol–water partition coefficient (Wildman–Crippen LogP) is 5.12. The Balaban J connectivity index is 1.84. The molecule has 0 bridgehead atoms. The zero-order valence-corrected chi connectivity index (χ0v) is 25.4. The summed E-state index contributed by atoms with van der Waals surface area (Å²) in [5, 5.41) is 3.25. The number of allylic oxidation sites excluding steroid dienone is 1. The van der Waals surface area contributed by atoms with Crippen LogP contribution in [0.2, 0.25) is 10.0 Å². The van der Waals surface area contributed by atoms with Crippen molar-refractivity contribution in [3.8, 4) is 0 Å². The van der Waals surface area contributed by atoms with Crippen LogP contribution in [-0.2, 0) is 21.3 Å². The number of likely N-dealkylation sites (tertiary alicyclic amines) is 1. The van der Waals surface area contributed by atoms with Gasteiger partial charge in [0.15, 0.2) is 0 Å². The first-order valence-electron chi connectivity index (χ1n) is 13.3. The van der Waals surface area contributed by atoms with Gasteiger partial charge in [-0.2, -0.15) is 0 Å². The van der Waals surface area contributed by atoms with E-state index in [-0.39, 0.29) is 33.1 Å². The molecule has 0 spiro atoms. The number of carbonyl (C=O) groups is 1. The number of benzene rings is 2. The maximum Gasteiger partial charge on any atom is 0.238 e. The average molecular weight is 614 g/mol. The molecule has 218 valence electrons. The fourth-order valence-corrected chi connectivity index (χ4v) is 7.12. The molecule has 2 saturated heterocycles. The van der Waals surface area contributed by atoms with Gasteiger partial charge in [-0.25, -0.2) is 17.3 Å². The zero-order chi connectivity index (χ0) is 29.4. The summed E-state index contributed by atoms with van der Waals surface area (Å²) < 4.78 is 45.1. The first-order valence-corrected chi connectivity index (χ1v) is 15.6. The standard InChI is InChI=1S/C29H36Cl2F2N4O2S/c1-17(2)10-15-37-18(3)29(34,22-9-8-19(30)16-24(22)32)25(21-6-5-7-23(31)26(21)33)27(37)28(38)35-20-11-13-36(14-12-20)40(4)39/h5-10,16,18,20,25,27H,11-15,34H2,1-4H3,(H,35,38). The van der Waals surface area contributed by atoms with Crippen LogP contribution < -0.4 is 11.1 Å². The van der Waals surface area contributed by atoms with Gasteiger partial charge in [0, 0.05) is 54.5 Å². The second-order valence-corrected chi connectivity index (χ2v) is 13.1. The number of rotatable bonds is 7. The van der Waals surface area contributed by atoms with Gasteiger partial charge < -0.3 is 11.1 Å². The molecule has 2 aromatic carbocycles. The smallest absolute Gasteiger partial charge is 0.238 e. The Bertz CT molecular complexity index is 1320. The van der Waals surface area contributed by atoms with Gasteiger partial charge in [-0.3, -0.25) is 9.69 Å². The average Bonchev–Trinajstić information content (AvgIpc) is 3.11. The molecule has 2 aliphatic heterocycles. The molecule has 2 fully saturated rings. The molecule has 40 heavy (non-hydrogen) atoms. The summed E-state index contributed by atoms with van der Waals surface area (Å²) in [6.45, 7) is 7.25. The number of nitrogens with one attached hydrogen (secondary N) is 1. The molecule has 5 atom stereocenters. The summed E-state index contributed by atoms with van der Waals surface area (Å²) in [6.07, 6.45) is 4.86. The molecule has 0 aromatic heterocycles. The highest BCUT2D eigenvalue weighted by Crippen LogP contribution is 2.51. The summed E-state index contributed by atoms with van der Waals surface area (Å²) in [4.78, 5) is 16.1. The molecule has 4 rings (SSSR count). The fourth-order valence-electron chi connectivity index (χ4n) is 6.05. The lowest BCUT2D eigenvalue weighted by Gasteiger charge is -2.37. The van der Waals surface area contributed by atoms with Crippen LogP contribution in [0.3, 0.4) is 0 Å². The third kappa shape index (κ3) is 6.01. The highest BCUT2D eigenvalue weighted by Gasteiger charge is 2.60. The summed E-state index contributed by atoms with van der Waals surface area (Å²) in [7, 11) is -1.08. The molecule has 0 radical (unpaired) electrons. The maximum absolute atomic E-state index is 15.8. The molecule has 11 heteroatoms. The molecule has 0 saturated carbocycles. The third-order valence-corrected chi connectivity index (χ3v) is 9.85. The molecular weight excluding hydrogens is 577 g/mol. The lowest BCUT2D eigenvalue weighted by atomic mass is 9.71. The van der Waals surface area contributed by atoms with Crippen LogP contribution in [0.5, 0.6) is 0 Å². The van der Waals surface area contributed by atoms with Crippen molar-refractivity contribution in [2.24, 2.45) is 5.73 Å². The van der Waals surface area contributed by atoms with Gasteiger partial charge in [-0.1, -0.05) is 53.1 Å². The molecule has 3 N–H and O–H groups in total. The van der Waals surface area contributed by atoms with Crippen LogP contribution in [0.25, 0.3) is 0 Å². The summed E-state index contributed by atoms with van der Waals surface area (Å²) in [6, 6.07) is 7.18. The number of amides is 1. The van der Waals surface area contributed by atoms with E-state index in [0.29, 0.717) is 32.5 Å². The largest absolute Gasteiger partial charge is 0.352 e. The van der Waals surface area contributed by atoms with Gasteiger partial charge in [0.05, 0.1) is 27.6 Å². The zero-order valence-electron chi connectivity index (χ0n) is 23.1. The summed E-state index contributed by atoms with van der Waals surface area (Å²) >= 11 is 12.3. The Morgan fingerprint density at radius 1 is 1.20 bits per heavy atom. The van der Waals surface area contributed by atoms with E-state index in [1.807, 2.05) is 36.1 Å². The molecule has 1 amide bonds. The van der Waals surface area contributed by atoms with Gasteiger partial charge in [0.25, 0.3) is 0 Å². The van der Waals surface area contributed by atoms with Crippen LogP contribution >= 0.6 is 23.2 Å². The van der Waals surface area contributed by atoms with Crippen molar-refractivity contribution in [1.82, 2.24) is 14.5 Å². The van der Waals surface area contributed by atoms with Crippen molar-refractivity contribution in [1.29, 1.82) is 0 Å². The first kappa shape index (κ1) is 31.1. The molecular formula is C29H36Cl2F2N4O2S. The van der Waals surface area contributed by atoms with Gasteiger partial charge in [0.1, 0.15) is 11.6 Å². The number of nitrogens with two attached hydrogens (primary N) is 1. The van der Waals surface area contributed by atoms with Crippen LogP contribution in [0.1, 0.15) is 50.7 Å². The third-order valence-electron chi connectivity index (χ3n) is 8.23. The van der Waals surface area contributed by atoms with E-state index >= 15 is 8.78 Å². The van der Waals surface area contributed by atoms with Crippen molar-refractivity contribution in [2.45, 2.75) is 63.2 Å². The van der Waals surface area contributed by atoms with E-state index in [0.717, 1.165) is 5.57 Å². The lowest BCUT2D eigenvalue weighted by molar-refractivity contribution is -0.127. The Morgan fingerprint density at radius 3 is 2.48 bits per heavy atom. The topological polar surface area (TPSA) is 78.7 Å². The Kier molecular flexibility index (Phi) is 9.75. The van der Waals surface area contributed by atoms with Crippen molar-refractivity contribution >= 4 is 40.1 Å². The van der Waals surface area contributed by atoms with Crippen molar-refractivity contribution in [3.05, 3.63) is 80.9 Å². The monoisotopic (exact) mass is 612 g/mol. The van der Waals surface area contributed by atoms with Crippen molar-refractivity contribution in [2.75, 3.05) is 25.9 Å². The second kappa shape index (κ2) is 12.5. The molecule has 2 aliphatic rings. The Morgan fingerprint density at radius 2 is 1.88 bits per heavy atom. The van der Waals surface area contributed by atoms with Gasteiger partial charge >= 0.3 is 0 Å². The molecule has 2 aromatic rings. The van der Waals surface area contributed by atoms with E-state index in [1.54, 1.807) is 24.5 Å². The minimum Gasteiger partial charge on any atom is -0.352 e. The first-order chi connectivity index (χ1) is 18.9. The normalized spacial score (nSPS) is 27.0. The fraction of sp³-hybridized carbons (Fsp3) is 0.483. The predicted molar refractivity (Wildman–Crippen MR) is 158 cm³/mol. The minimum absolute atomic E-state index is 0.106. The van der Waals surface area contributed by atoms with E-state index in [2.05, 4.69) is 5.32 Å². The number of hydrogen-bond acceptors (Lipinski definition) is 4. The number of carbonyl (C=O) groups excluding carboxylic acids is 1. The van der Waals surface area contributed by atoms with E-state index in [1.165, 1.54) is 18.2 Å². The van der Waals surface area contributed by atoms with Crippen LogP contribution in [0.15, 0.2) is 48.0 Å². The number of piperidine rings is 1. The minimum atomic E-state index is -1.51. The van der Waals surface area contributed by atoms with E-state index in [4.69, 9.17) is 28.9 Å². The number of hydrogen-bond donors (Lipinski definition) is 2. The van der Waals surface area contributed by atoms with E-state index < -0.39 is 46.2 Å². The van der Waals surface area contributed by atoms with E-state index in [9.17, 15) is 9.00 Å². The number of halogens is 4. The summed E-state index contributed by atoms with van der Waals surface area (Å²) in [5.41, 5.74) is 7.01. The quantitative estimate of drug-likeness (QED) is 0.425. The van der Waals surface area contributed by atoms with Crippen LogP contribution in [0.4, 0.5) is 8.78 Å². The highest BCUT2D eigenvalue weighted by atomic mass is 35.5. The molecule has 5 unspecified atom stereocenters. The molecule has 6 nitrogen and oxygen atoms in total. The maximum atomic E-state index is 15.8. The van der Waals surface area contributed by atoms with Crippen LogP contribution in [-0.4, -0.2) is 63.3 Å². The van der Waals surface area contributed by atoms with Crippen molar-refractivity contribution < 1.29 is 17.8 Å². The molecule has 0 aliphatic carbocycles. The lowest BCUT2D eigenvalue weighted by Crippen LogP contribution is -2.52. The number of nitrogens with zero attached hydrogens (tertiary/aromatic N) is 2. The second-order valence-electron chi connectivity index (χ2n) is 10.9. The Labute approximate surface area is 247 Å². The SMILES string of the molecule is CC(C)=CCN1C(C(=O)NC2CCN(S(C)=O)CC2)C(c2cccc(Cl)c2F)C(N)(c2ccc(Cl)cc2F)C1C. The Hall–Kier alpha value is -1.88. The van der Waals surface area contributed by atoms with Gasteiger partial charge in [-0.05, 0) is 57.4 Å². The van der Waals surface area contributed by atoms with Crippen molar-refractivity contribution in [3.63, 3.8) is 0 Å². The summed E-state index contributed by atoms with van der Waals surface area (Å²) in [5.74, 6) is -2.62. The molecule has 2 heterocycles.